The number of hydrogen-bond acceptors (Lipinski definition) is 3. The number of Topliss-reactive ketones (excluding diaryl/α,β-unsaturated/α-hetero) is 1. The summed E-state index contributed by atoms with van der Waals surface area (Å²) in [7, 11) is 0. The molecule has 1 fully saturated rings. The van der Waals surface area contributed by atoms with Crippen LogP contribution in [0.25, 0.3) is 0 Å². The third-order valence-corrected chi connectivity index (χ3v) is 3.52. The molecule has 1 N–H and O–H groups in total. The van der Waals surface area contributed by atoms with Crippen molar-refractivity contribution < 1.29 is 19.5 Å². The summed E-state index contributed by atoms with van der Waals surface area (Å²) in [5.41, 5.74) is -0.643. The molecule has 0 aromatic rings. The van der Waals surface area contributed by atoms with E-state index in [0.717, 1.165) is 4.90 Å². The lowest BCUT2D eigenvalue weighted by Gasteiger charge is -2.38. The molecule has 2 unspecified atom stereocenters. The number of carbonyl (C=O) groups is 3. The second-order valence-electron chi connectivity index (χ2n) is 5.63. The highest BCUT2D eigenvalue weighted by Gasteiger charge is 2.41. The van der Waals surface area contributed by atoms with Crippen molar-refractivity contribution in [1.29, 1.82) is 0 Å². The molecule has 102 valence electrons. The fourth-order valence-corrected chi connectivity index (χ4v) is 2.35. The molecule has 1 saturated heterocycles. The Bertz CT molecular complexity index is 375. The van der Waals surface area contributed by atoms with E-state index in [2.05, 4.69) is 0 Å². The van der Waals surface area contributed by atoms with Gasteiger partial charge in [-0.3, -0.25) is 14.5 Å². The zero-order chi connectivity index (χ0) is 14.1. The van der Waals surface area contributed by atoms with E-state index in [9.17, 15) is 14.4 Å². The summed E-state index contributed by atoms with van der Waals surface area (Å²) in [5.74, 6) is -0.605. The Morgan fingerprint density at radius 3 is 2.22 bits per heavy atom. The maximum atomic E-state index is 12.2. The first kappa shape index (κ1) is 15.0. The summed E-state index contributed by atoms with van der Waals surface area (Å²) < 4.78 is 0. The van der Waals surface area contributed by atoms with Crippen molar-refractivity contribution in [2.24, 2.45) is 11.3 Å². The predicted molar refractivity (Wildman–Crippen MR) is 66.6 cm³/mol. The molecular formula is C12H18ClNO4. The third-order valence-electron chi connectivity index (χ3n) is 3.21. The van der Waals surface area contributed by atoms with Crippen LogP contribution in [0.2, 0.25) is 0 Å². The summed E-state index contributed by atoms with van der Waals surface area (Å²) in [6.45, 7) is 5.38. The average molecular weight is 276 g/mol. The first-order chi connectivity index (χ1) is 8.14. The van der Waals surface area contributed by atoms with Crippen LogP contribution in [0.1, 0.15) is 33.6 Å². The van der Waals surface area contributed by atoms with Crippen molar-refractivity contribution in [1.82, 2.24) is 4.90 Å². The fraction of sp³-hybridized carbons (Fsp3) is 0.750. The SMILES string of the molecule is CC(C)(C)C(=O)C1CC(C(=O)Cl)CCN1C(=O)O. The fourth-order valence-electron chi connectivity index (χ4n) is 2.15. The molecular weight excluding hydrogens is 258 g/mol. The van der Waals surface area contributed by atoms with Crippen molar-refractivity contribution >= 4 is 28.7 Å². The molecule has 1 rings (SSSR count). The van der Waals surface area contributed by atoms with E-state index in [1.807, 2.05) is 0 Å². The van der Waals surface area contributed by atoms with Crippen LogP contribution >= 0.6 is 11.6 Å². The second-order valence-corrected chi connectivity index (χ2v) is 6.00. The van der Waals surface area contributed by atoms with Gasteiger partial charge in [-0.1, -0.05) is 20.8 Å². The van der Waals surface area contributed by atoms with Crippen molar-refractivity contribution in [3.05, 3.63) is 0 Å². The monoisotopic (exact) mass is 275 g/mol. The standard InChI is InChI=1S/C12H18ClNO4/c1-12(2,3)9(15)8-6-7(10(13)16)4-5-14(8)11(17)18/h7-8H,4-6H2,1-3H3,(H,17,18). The molecule has 0 aromatic heterocycles. The number of hydrogen-bond donors (Lipinski definition) is 1. The minimum absolute atomic E-state index is 0.172. The van der Waals surface area contributed by atoms with E-state index in [0.29, 0.717) is 6.42 Å². The number of carbonyl (C=O) groups excluding carboxylic acids is 2. The Kier molecular flexibility index (Phi) is 4.37. The lowest BCUT2D eigenvalue weighted by Crippen LogP contribution is -2.53. The number of amides is 1. The van der Waals surface area contributed by atoms with Crippen LogP contribution in [0, 0.1) is 11.3 Å². The van der Waals surface area contributed by atoms with Crippen LogP contribution in [-0.2, 0) is 9.59 Å². The molecule has 1 aliphatic rings. The first-order valence-electron chi connectivity index (χ1n) is 5.88. The molecule has 1 aliphatic heterocycles. The zero-order valence-corrected chi connectivity index (χ0v) is 11.5. The largest absolute Gasteiger partial charge is 0.465 e. The molecule has 18 heavy (non-hydrogen) atoms. The molecule has 0 spiro atoms. The smallest absolute Gasteiger partial charge is 0.407 e. The normalized spacial score (nSPS) is 24.8. The second kappa shape index (κ2) is 5.26. The zero-order valence-electron chi connectivity index (χ0n) is 10.8. The van der Waals surface area contributed by atoms with Crippen LogP contribution in [0.3, 0.4) is 0 Å². The molecule has 1 heterocycles. The van der Waals surface area contributed by atoms with Gasteiger partial charge in [-0.2, -0.15) is 0 Å². The van der Waals surface area contributed by atoms with Gasteiger partial charge in [0.2, 0.25) is 5.24 Å². The maximum absolute atomic E-state index is 12.2. The van der Waals surface area contributed by atoms with Gasteiger partial charge in [-0.25, -0.2) is 4.79 Å². The molecule has 5 nitrogen and oxygen atoms in total. The Morgan fingerprint density at radius 2 is 1.83 bits per heavy atom. The Labute approximate surface area is 111 Å². The molecule has 1 amide bonds. The lowest BCUT2D eigenvalue weighted by molar-refractivity contribution is -0.133. The van der Waals surface area contributed by atoms with E-state index in [4.69, 9.17) is 16.7 Å². The molecule has 0 aromatic carbocycles. The number of carboxylic acid groups (broad SMARTS) is 1. The highest BCUT2D eigenvalue weighted by molar-refractivity contribution is 6.64. The van der Waals surface area contributed by atoms with Gasteiger partial charge < -0.3 is 5.11 Å². The highest BCUT2D eigenvalue weighted by atomic mass is 35.5. The number of rotatable bonds is 2. The van der Waals surface area contributed by atoms with Gasteiger partial charge in [0, 0.05) is 17.9 Å². The Balaban J connectivity index is 2.95. The van der Waals surface area contributed by atoms with Gasteiger partial charge in [-0.05, 0) is 24.4 Å². The van der Waals surface area contributed by atoms with Gasteiger partial charge in [0.25, 0.3) is 0 Å². The van der Waals surface area contributed by atoms with Gasteiger partial charge in [0.05, 0.1) is 6.04 Å². The molecule has 0 radical (unpaired) electrons. The minimum Gasteiger partial charge on any atom is -0.465 e. The van der Waals surface area contributed by atoms with Crippen LogP contribution < -0.4 is 0 Å². The van der Waals surface area contributed by atoms with E-state index < -0.39 is 28.7 Å². The minimum atomic E-state index is -1.13. The summed E-state index contributed by atoms with van der Waals surface area (Å²) in [5, 5.41) is 8.61. The topological polar surface area (TPSA) is 74.7 Å². The van der Waals surface area contributed by atoms with Crippen molar-refractivity contribution in [3.63, 3.8) is 0 Å². The van der Waals surface area contributed by atoms with Gasteiger partial charge in [0.15, 0.2) is 5.78 Å². The number of piperidine rings is 1. The molecule has 0 saturated carbocycles. The summed E-state index contributed by atoms with van der Waals surface area (Å²) in [6, 6.07) is -0.774. The lowest BCUT2D eigenvalue weighted by atomic mass is 9.80. The number of halogens is 1. The van der Waals surface area contributed by atoms with Crippen LogP contribution in [-0.4, -0.2) is 39.7 Å². The van der Waals surface area contributed by atoms with Crippen molar-refractivity contribution in [3.8, 4) is 0 Å². The summed E-state index contributed by atoms with van der Waals surface area (Å²) >= 11 is 5.45. The highest BCUT2D eigenvalue weighted by Crippen LogP contribution is 2.30. The first-order valence-corrected chi connectivity index (χ1v) is 6.25. The maximum Gasteiger partial charge on any atom is 0.407 e. The predicted octanol–water partition coefficient (Wildman–Crippen LogP) is 2.13. The molecule has 6 heteroatoms. The number of ketones is 1. The molecule has 2 atom stereocenters. The number of nitrogens with zero attached hydrogens (tertiary/aromatic N) is 1. The third kappa shape index (κ3) is 3.22. The van der Waals surface area contributed by atoms with Crippen molar-refractivity contribution in [2.45, 2.75) is 39.7 Å². The number of likely N-dealkylation sites (tertiary alicyclic amines) is 1. The Hall–Kier alpha value is -1.10. The van der Waals surface area contributed by atoms with E-state index in [-0.39, 0.29) is 18.7 Å². The van der Waals surface area contributed by atoms with E-state index >= 15 is 0 Å². The van der Waals surface area contributed by atoms with Crippen LogP contribution in [0.5, 0.6) is 0 Å². The van der Waals surface area contributed by atoms with Crippen LogP contribution in [0.15, 0.2) is 0 Å². The average Bonchev–Trinajstić information content (AvgIpc) is 2.25. The molecule has 0 bridgehead atoms. The quantitative estimate of drug-likeness (QED) is 0.784. The molecule has 0 aliphatic carbocycles. The van der Waals surface area contributed by atoms with Gasteiger partial charge >= 0.3 is 6.09 Å². The van der Waals surface area contributed by atoms with E-state index in [1.165, 1.54) is 0 Å². The summed E-state index contributed by atoms with van der Waals surface area (Å²) in [4.78, 5) is 35.7. The van der Waals surface area contributed by atoms with Crippen LogP contribution in [0.4, 0.5) is 4.79 Å². The van der Waals surface area contributed by atoms with E-state index in [1.54, 1.807) is 20.8 Å². The van der Waals surface area contributed by atoms with Gasteiger partial charge in [-0.15, -0.1) is 0 Å². The van der Waals surface area contributed by atoms with Crippen molar-refractivity contribution in [2.75, 3.05) is 6.54 Å². The van der Waals surface area contributed by atoms with Gasteiger partial charge in [0.1, 0.15) is 0 Å². The summed E-state index contributed by atoms with van der Waals surface area (Å²) in [6.07, 6.45) is -0.564. The Morgan fingerprint density at radius 1 is 1.28 bits per heavy atom.